The van der Waals surface area contributed by atoms with Gasteiger partial charge >= 0.3 is 0 Å². The number of thioether (sulfide) groups is 1. The lowest BCUT2D eigenvalue weighted by Gasteiger charge is -2.03. The maximum atomic E-state index is 5.77. The maximum absolute atomic E-state index is 5.77. The molecular weight excluding hydrogens is 166 g/mol. The quantitative estimate of drug-likeness (QED) is 0.426. The predicted octanol–water partition coefficient (Wildman–Crippen LogP) is 2.30. The second-order valence-electron chi connectivity index (χ2n) is 2.53. The molecule has 0 amide bonds. The van der Waals surface area contributed by atoms with Gasteiger partial charge in [-0.25, -0.2) is 0 Å². The molecule has 0 saturated carbocycles. The molecule has 1 nitrogen and oxygen atoms in total. The summed E-state index contributed by atoms with van der Waals surface area (Å²) < 4.78 is 0. The van der Waals surface area contributed by atoms with Gasteiger partial charge in [-0.1, -0.05) is 12.0 Å². The molecule has 0 heterocycles. The van der Waals surface area contributed by atoms with Gasteiger partial charge in [0.15, 0.2) is 0 Å². The van der Waals surface area contributed by atoms with Crippen LogP contribution in [0.2, 0.25) is 0 Å². The lowest BCUT2D eigenvalue weighted by Crippen LogP contribution is -1.89. The second kappa shape index (κ2) is 4.08. The molecule has 1 aromatic rings. The number of nitrogens with two attached hydrogens (primary N) is 1. The number of hydrogen-bond donors (Lipinski definition) is 1. The fourth-order valence-electron chi connectivity index (χ4n) is 0.919. The highest BCUT2D eigenvalue weighted by Gasteiger charge is 1.97. The Morgan fingerprint density at radius 3 is 2.92 bits per heavy atom. The topological polar surface area (TPSA) is 26.0 Å². The van der Waals surface area contributed by atoms with Gasteiger partial charge in [0.25, 0.3) is 0 Å². The van der Waals surface area contributed by atoms with E-state index >= 15 is 0 Å². The molecule has 0 bridgehead atoms. The number of hydrogen-bond acceptors (Lipinski definition) is 2. The SMILES string of the molecule is C#CCSc1ccc(C)cc1N. The molecule has 0 aliphatic carbocycles. The zero-order chi connectivity index (χ0) is 8.97. The third kappa shape index (κ3) is 2.21. The highest BCUT2D eigenvalue weighted by molar-refractivity contribution is 7.99. The molecule has 0 aliphatic heterocycles. The van der Waals surface area contributed by atoms with E-state index in [4.69, 9.17) is 12.2 Å². The standard InChI is InChI=1S/C10H11NS/c1-3-6-12-10-5-4-8(2)7-9(10)11/h1,4-5,7H,6,11H2,2H3. The Balaban J connectivity index is 2.81. The number of rotatable bonds is 2. The van der Waals surface area contributed by atoms with Gasteiger partial charge in [0.1, 0.15) is 0 Å². The summed E-state index contributed by atoms with van der Waals surface area (Å²) in [6, 6.07) is 6.00. The normalized spacial score (nSPS) is 9.33. The zero-order valence-corrected chi connectivity index (χ0v) is 7.82. The average Bonchev–Trinajstić information content (AvgIpc) is 2.03. The third-order valence-electron chi connectivity index (χ3n) is 1.48. The summed E-state index contributed by atoms with van der Waals surface area (Å²) in [5.41, 5.74) is 7.77. The largest absolute Gasteiger partial charge is 0.398 e. The van der Waals surface area contributed by atoms with Crippen LogP contribution in [0.1, 0.15) is 5.56 Å². The molecular formula is C10H11NS. The Bertz CT molecular complexity index is 312. The molecule has 0 radical (unpaired) electrons. The lowest BCUT2D eigenvalue weighted by molar-refractivity contribution is 1.38. The van der Waals surface area contributed by atoms with Gasteiger partial charge in [-0.05, 0) is 24.6 Å². The predicted molar refractivity (Wildman–Crippen MR) is 55.1 cm³/mol. The summed E-state index contributed by atoms with van der Waals surface area (Å²) in [5, 5.41) is 0. The summed E-state index contributed by atoms with van der Waals surface area (Å²) in [7, 11) is 0. The average molecular weight is 177 g/mol. The Morgan fingerprint density at radius 1 is 1.58 bits per heavy atom. The van der Waals surface area contributed by atoms with Crippen LogP contribution in [-0.4, -0.2) is 5.75 Å². The Labute approximate surface area is 77.4 Å². The minimum Gasteiger partial charge on any atom is -0.398 e. The summed E-state index contributed by atoms with van der Waals surface area (Å²) in [6.45, 7) is 2.02. The van der Waals surface area contributed by atoms with Crippen LogP contribution in [-0.2, 0) is 0 Å². The van der Waals surface area contributed by atoms with Crippen molar-refractivity contribution >= 4 is 17.4 Å². The van der Waals surface area contributed by atoms with Gasteiger partial charge in [-0.15, -0.1) is 18.2 Å². The van der Waals surface area contributed by atoms with Crippen molar-refractivity contribution in [3.63, 3.8) is 0 Å². The van der Waals surface area contributed by atoms with Crippen molar-refractivity contribution in [1.29, 1.82) is 0 Å². The molecule has 12 heavy (non-hydrogen) atoms. The number of terminal acetylenes is 1. The van der Waals surface area contributed by atoms with Crippen molar-refractivity contribution in [1.82, 2.24) is 0 Å². The minimum atomic E-state index is 0.674. The van der Waals surface area contributed by atoms with E-state index in [2.05, 4.69) is 5.92 Å². The number of benzene rings is 1. The molecule has 0 unspecified atom stereocenters. The van der Waals surface area contributed by atoms with Crippen molar-refractivity contribution < 1.29 is 0 Å². The van der Waals surface area contributed by atoms with Gasteiger partial charge in [-0.3, -0.25) is 0 Å². The van der Waals surface area contributed by atoms with Crippen LogP contribution in [0, 0.1) is 19.3 Å². The van der Waals surface area contributed by atoms with Crippen molar-refractivity contribution in [2.45, 2.75) is 11.8 Å². The number of aryl methyl sites for hydroxylation is 1. The minimum absolute atomic E-state index is 0.674. The molecule has 2 heteroatoms. The molecule has 0 fully saturated rings. The first kappa shape index (κ1) is 9.02. The fraction of sp³-hybridized carbons (Fsp3) is 0.200. The van der Waals surface area contributed by atoms with Crippen LogP contribution < -0.4 is 5.73 Å². The van der Waals surface area contributed by atoms with Crippen LogP contribution in [0.3, 0.4) is 0 Å². The van der Waals surface area contributed by atoms with Crippen molar-refractivity contribution in [2.24, 2.45) is 0 Å². The van der Waals surface area contributed by atoms with E-state index < -0.39 is 0 Å². The van der Waals surface area contributed by atoms with E-state index in [1.807, 2.05) is 25.1 Å². The second-order valence-corrected chi connectivity index (χ2v) is 3.55. The van der Waals surface area contributed by atoms with Gasteiger partial charge in [0, 0.05) is 10.6 Å². The van der Waals surface area contributed by atoms with Crippen LogP contribution in [0.15, 0.2) is 23.1 Å². The maximum Gasteiger partial charge on any atom is 0.0592 e. The Kier molecular flexibility index (Phi) is 3.07. The van der Waals surface area contributed by atoms with Crippen molar-refractivity contribution in [2.75, 3.05) is 11.5 Å². The highest BCUT2D eigenvalue weighted by Crippen LogP contribution is 2.24. The number of anilines is 1. The molecule has 0 aliphatic rings. The lowest BCUT2D eigenvalue weighted by atomic mass is 10.2. The van der Waals surface area contributed by atoms with E-state index in [-0.39, 0.29) is 0 Å². The summed E-state index contributed by atoms with van der Waals surface area (Å²) in [4.78, 5) is 1.07. The number of nitrogen functional groups attached to an aromatic ring is 1. The molecule has 62 valence electrons. The van der Waals surface area contributed by atoms with Crippen LogP contribution in [0.25, 0.3) is 0 Å². The first-order valence-electron chi connectivity index (χ1n) is 3.66. The third-order valence-corrected chi connectivity index (χ3v) is 2.47. The van der Waals surface area contributed by atoms with Crippen molar-refractivity contribution in [3.05, 3.63) is 23.8 Å². The molecule has 1 rings (SSSR count). The molecule has 2 N–H and O–H groups in total. The summed E-state index contributed by atoms with van der Waals surface area (Å²) in [5.74, 6) is 3.24. The molecule has 1 aromatic carbocycles. The zero-order valence-electron chi connectivity index (χ0n) is 7.00. The monoisotopic (exact) mass is 177 g/mol. The van der Waals surface area contributed by atoms with Crippen LogP contribution in [0.4, 0.5) is 5.69 Å². The van der Waals surface area contributed by atoms with Crippen LogP contribution >= 0.6 is 11.8 Å². The van der Waals surface area contributed by atoms with E-state index in [1.54, 1.807) is 11.8 Å². The van der Waals surface area contributed by atoms with E-state index in [1.165, 1.54) is 5.56 Å². The first-order chi connectivity index (χ1) is 5.74. The highest BCUT2D eigenvalue weighted by atomic mass is 32.2. The molecule has 0 saturated heterocycles. The summed E-state index contributed by atoms with van der Waals surface area (Å²) in [6.07, 6.45) is 5.14. The smallest absolute Gasteiger partial charge is 0.0592 e. The molecule has 0 aromatic heterocycles. The fourth-order valence-corrected chi connectivity index (χ4v) is 1.55. The van der Waals surface area contributed by atoms with E-state index in [9.17, 15) is 0 Å². The Hall–Kier alpha value is -1.07. The molecule has 0 spiro atoms. The van der Waals surface area contributed by atoms with Gasteiger partial charge in [0.2, 0.25) is 0 Å². The van der Waals surface area contributed by atoms with Crippen molar-refractivity contribution in [3.8, 4) is 12.3 Å². The van der Waals surface area contributed by atoms with Crippen LogP contribution in [0.5, 0.6) is 0 Å². The molecule has 0 atom stereocenters. The van der Waals surface area contributed by atoms with Gasteiger partial charge in [-0.2, -0.15) is 0 Å². The van der Waals surface area contributed by atoms with Gasteiger partial charge in [0.05, 0.1) is 5.75 Å². The Morgan fingerprint density at radius 2 is 2.33 bits per heavy atom. The van der Waals surface area contributed by atoms with Gasteiger partial charge < -0.3 is 5.73 Å². The van der Waals surface area contributed by atoms with E-state index in [0.29, 0.717) is 5.75 Å². The first-order valence-corrected chi connectivity index (χ1v) is 4.65. The van der Waals surface area contributed by atoms with E-state index in [0.717, 1.165) is 10.6 Å². The summed E-state index contributed by atoms with van der Waals surface area (Å²) >= 11 is 1.59.